The number of carboxylic acid groups (broad SMARTS) is 1. The van der Waals surface area contributed by atoms with Crippen LogP contribution in [0.2, 0.25) is 15.2 Å². The minimum Gasteiger partial charge on any atom is -0.505 e. The molecule has 0 unspecified atom stereocenters. The fraction of sp³-hybridized carbons (Fsp3) is 0.312. The number of fused-ring (bicyclic) bond motifs is 1. The zero-order valence-electron chi connectivity index (χ0n) is 13.2. The summed E-state index contributed by atoms with van der Waals surface area (Å²) in [5.74, 6) is -2.48. The standard InChI is InChI=1S/C16H15Cl3N2O4/c1-2-3-4-7-11-8(5-9(17)12(7)18)15(19)21-13(14(11)24)16(25)20-6-10(22)23/h5,24H,2-4,6H2,1H3,(H,20,25)(H,22,23). The average molecular weight is 406 g/mol. The summed E-state index contributed by atoms with van der Waals surface area (Å²) in [7, 11) is 0. The predicted octanol–water partition coefficient (Wildman–Crippen LogP) is 4.06. The second-order valence-corrected chi connectivity index (χ2v) is 6.50. The molecule has 1 heterocycles. The molecule has 1 amide bonds. The summed E-state index contributed by atoms with van der Waals surface area (Å²) >= 11 is 18.6. The molecule has 0 aliphatic heterocycles. The first kappa shape index (κ1) is 19.6. The predicted molar refractivity (Wildman–Crippen MR) is 97.0 cm³/mol. The van der Waals surface area contributed by atoms with Crippen LogP contribution in [0.3, 0.4) is 0 Å². The maximum Gasteiger partial charge on any atom is 0.322 e. The quantitative estimate of drug-likeness (QED) is 0.629. The Morgan fingerprint density at radius 2 is 1.96 bits per heavy atom. The van der Waals surface area contributed by atoms with Crippen LogP contribution >= 0.6 is 34.8 Å². The van der Waals surface area contributed by atoms with Crippen molar-refractivity contribution in [1.29, 1.82) is 0 Å². The Kier molecular flexibility index (Phi) is 6.32. The molecule has 6 nitrogen and oxygen atoms in total. The maximum absolute atomic E-state index is 12.1. The van der Waals surface area contributed by atoms with E-state index in [1.807, 2.05) is 6.92 Å². The molecule has 1 aromatic carbocycles. The number of carbonyl (C=O) groups excluding carboxylic acids is 1. The number of aryl methyl sites for hydroxylation is 1. The Hall–Kier alpha value is -1.76. The van der Waals surface area contributed by atoms with Gasteiger partial charge in [0.1, 0.15) is 11.7 Å². The molecule has 0 saturated heterocycles. The monoisotopic (exact) mass is 404 g/mol. The third-order valence-electron chi connectivity index (χ3n) is 3.61. The number of carboxylic acids is 1. The normalized spacial score (nSPS) is 10.9. The molecular formula is C16H15Cl3N2O4. The van der Waals surface area contributed by atoms with Gasteiger partial charge < -0.3 is 15.5 Å². The van der Waals surface area contributed by atoms with Crippen LogP contribution in [0.15, 0.2) is 6.07 Å². The van der Waals surface area contributed by atoms with Gasteiger partial charge in [-0.2, -0.15) is 0 Å². The van der Waals surface area contributed by atoms with Crippen molar-refractivity contribution >= 4 is 57.5 Å². The average Bonchev–Trinajstić information content (AvgIpc) is 2.56. The molecule has 9 heteroatoms. The third-order valence-corrected chi connectivity index (χ3v) is 4.72. The fourth-order valence-corrected chi connectivity index (χ4v) is 3.13. The summed E-state index contributed by atoms with van der Waals surface area (Å²) in [4.78, 5) is 26.6. The zero-order chi connectivity index (χ0) is 18.7. The summed E-state index contributed by atoms with van der Waals surface area (Å²) in [6.07, 6.45) is 2.20. The van der Waals surface area contributed by atoms with E-state index in [9.17, 15) is 14.7 Å². The summed E-state index contributed by atoms with van der Waals surface area (Å²) < 4.78 is 0. The van der Waals surface area contributed by atoms with Gasteiger partial charge in [0.25, 0.3) is 5.91 Å². The number of hydrogen-bond donors (Lipinski definition) is 3. The molecule has 0 spiro atoms. The Morgan fingerprint density at radius 3 is 2.56 bits per heavy atom. The van der Waals surface area contributed by atoms with E-state index in [1.165, 1.54) is 6.07 Å². The van der Waals surface area contributed by atoms with Crippen LogP contribution in [-0.2, 0) is 11.2 Å². The molecule has 1 aromatic heterocycles. The van der Waals surface area contributed by atoms with Crippen LogP contribution in [0.5, 0.6) is 5.75 Å². The van der Waals surface area contributed by atoms with Gasteiger partial charge in [-0.3, -0.25) is 9.59 Å². The number of unbranched alkanes of at least 4 members (excludes halogenated alkanes) is 1. The van der Waals surface area contributed by atoms with E-state index in [1.54, 1.807) is 0 Å². The molecule has 2 rings (SSSR count). The smallest absolute Gasteiger partial charge is 0.322 e. The number of aromatic hydroxyl groups is 1. The van der Waals surface area contributed by atoms with Crippen LogP contribution in [0.4, 0.5) is 0 Å². The number of nitrogens with zero attached hydrogens (tertiary/aromatic N) is 1. The first-order chi connectivity index (χ1) is 11.8. The van der Waals surface area contributed by atoms with Gasteiger partial charge in [0.15, 0.2) is 11.4 Å². The molecule has 25 heavy (non-hydrogen) atoms. The van der Waals surface area contributed by atoms with Crippen molar-refractivity contribution in [2.75, 3.05) is 6.54 Å². The Labute approximate surface area is 158 Å². The van der Waals surface area contributed by atoms with Gasteiger partial charge in [-0.15, -0.1) is 0 Å². The number of rotatable bonds is 6. The molecule has 0 saturated carbocycles. The van der Waals surface area contributed by atoms with Crippen molar-refractivity contribution in [3.8, 4) is 5.75 Å². The highest BCUT2D eigenvalue weighted by Crippen LogP contribution is 2.41. The molecule has 0 atom stereocenters. The van der Waals surface area contributed by atoms with Crippen LogP contribution in [0.1, 0.15) is 35.8 Å². The second kappa shape index (κ2) is 8.08. The van der Waals surface area contributed by atoms with E-state index in [0.29, 0.717) is 22.8 Å². The lowest BCUT2D eigenvalue weighted by Crippen LogP contribution is -2.30. The highest BCUT2D eigenvalue weighted by molar-refractivity contribution is 6.44. The lowest BCUT2D eigenvalue weighted by atomic mass is 9.99. The summed E-state index contributed by atoms with van der Waals surface area (Å²) in [5, 5.41) is 22.5. The highest BCUT2D eigenvalue weighted by atomic mass is 35.5. The first-order valence-corrected chi connectivity index (χ1v) is 8.60. The van der Waals surface area contributed by atoms with Crippen LogP contribution < -0.4 is 5.32 Å². The number of hydrogen-bond acceptors (Lipinski definition) is 4. The van der Waals surface area contributed by atoms with Gasteiger partial charge in [-0.25, -0.2) is 4.98 Å². The maximum atomic E-state index is 12.1. The molecule has 0 fully saturated rings. The largest absolute Gasteiger partial charge is 0.505 e. The van der Waals surface area contributed by atoms with Crippen molar-refractivity contribution in [2.45, 2.75) is 26.2 Å². The van der Waals surface area contributed by atoms with Crippen LogP contribution in [0, 0.1) is 0 Å². The van der Waals surface area contributed by atoms with E-state index >= 15 is 0 Å². The molecule has 134 valence electrons. The summed E-state index contributed by atoms with van der Waals surface area (Å²) in [6.45, 7) is 1.39. The van der Waals surface area contributed by atoms with Crippen molar-refractivity contribution in [2.24, 2.45) is 0 Å². The Bertz CT molecular complexity index is 855. The van der Waals surface area contributed by atoms with Gasteiger partial charge in [0.2, 0.25) is 0 Å². The van der Waals surface area contributed by atoms with Crippen molar-refractivity contribution < 1.29 is 19.8 Å². The number of pyridine rings is 1. The van der Waals surface area contributed by atoms with Gasteiger partial charge in [-0.05, 0) is 24.5 Å². The fourth-order valence-electron chi connectivity index (χ4n) is 2.43. The van der Waals surface area contributed by atoms with Crippen molar-refractivity contribution in [3.05, 3.63) is 32.5 Å². The van der Waals surface area contributed by atoms with Crippen LogP contribution in [-0.4, -0.2) is 33.6 Å². The number of aliphatic carboxylic acids is 1. The second-order valence-electron chi connectivity index (χ2n) is 5.35. The SMILES string of the molecule is CCCCc1c(Cl)c(Cl)cc2c(Cl)nc(C(=O)NCC(=O)O)c(O)c12. The third kappa shape index (κ3) is 4.08. The molecule has 0 bridgehead atoms. The number of aromatic nitrogens is 1. The lowest BCUT2D eigenvalue weighted by Gasteiger charge is -2.15. The number of carbonyl (C=O) groups is 2. The molecule has 0 aliphatic carbocycles. The number of amides is 1. The van der Waals surface area contributed by atoms with Gasteiger partial charge in [0.05, 0.1) is 10.0 Å². The molecule has 2 aromatic rings. The number of benzene rings is 1. The highest BCUT2D eigenvalue weighted by Gasteiger charge is 2.23. The van der Waals surface area contributed by atoms with E-state index in [2.05, 4.69) is 10.3 Å². The zero-order valence-corrected chi connectivity index (χ0v) is 15.5. The number of halogens is 3. The molecular weight excluding hydrogens is 391 g/mol. The minimum atomic E-state index is -1.22. The summed E-state index contributed by atoms with van der Waals surface area (Å²) in [6, 6.07) is 1.47. The van der Waals surface area contributed by atoms with Gasteiger partial charge >= 0.3 is 5.97 Å². The van der Waals surface area contributed by atoms with Crippen molar-refractivity contribution in [1.82, 2.24) is 10.3 Å². The Morgan fingerprint density at radius 1 is 1.28 bits per heavy atom. The lowest BCUT2D eigenvalue weighted by molar-refractivity contribution is -0.135. The first-order valence-electron chi connectivity index (χ1n) is 7.46. The molecule has 0 aliphatic rings. The summed E-state index contributed by atoms with van der Waals surface area (Å²) in [5.41, 5.74) is 0.204. The van der Waals surface area contributed by atoms with Crippen molar-refractivity contribution in [3.63, 3.8) is 0 Å². The van der Waals surface area contributed by atoms with Gasteiger partial charge in [0, 0.05) is 10.8 Å². The molecule has 0 radical (unpaired) electrons. The minimum absolute atomic E-state index is 0.0374. The topological polar surface area (TPSA) is 99.5 Å². The van der Waals surface area contributed by atoms with E-state index < -0.39 is 24.2 Å². The number of nitrogens with one attached hydrogen (secondary N) is 1. The molecule has 3 N–H and O–H groups in total. The van der Waals surface area contributed by atoms with E-state index in [0.717, 1.165) is 12.8 Å². The van der Waals surface area contributed by atoms with Gasteiger partial charge in [-0.1, -0.05) is 48.1 Å². The Balaban J connectivity index is 2.68. The van der Waals surface area contributed by atoms with E-state index in [4.69, 9.17) is 39.9 Å². The van der Waals surface area contributed by atoms with Crippen LogP contribution in [0.25, 0.3) is 10.8 Å². The van der Waals surface area contributed by atoms with E-state index in [-0.39, 0.29) is 20.9 Å².